The Morgan fingerprint density at radius 1 is 1.25 bits per heavy atom. The first-order chi connectivity index (χ1) is 7.65. The first-order valence-electron chi connectivity index (χ1n) is 6.31. The molecule has 1 N–H and O–H groups in total. The van der Waals surface area contributed by atoms with Crippen molar-refractivity contribution < 1.29 is 0 Å². The van der Waals surface area contributed by atoms with E-state index in [9.17, 15) is 0 Å². The molecule has 0 radical (unpaired) electrons. The second kappa shape index (κ2) is 5.28. The number of nitrogens with one attached hydrogen (secondary N) is 1. The third-order valence-electron chi connectivity index (χ3n) is 3.57. The second-order valence-corrected chi connectivity index (χ2v) is 6.48. The van der Waals surface area contributed by atoms with Crippen LogP contribution in [0.3, 0.4) is 0 Å². The number of nitrogens with zero attached hydrogens (tertiary/aromatic N) is 1. The number of rotatable bonds is 3. The van der Waals surface area contributed by atoms with Crippen LogP contribution in [0.4, 0.5) is 0 Å². The summed E-state index contributed by atoms with van der Waals surface area (Å²) in [7, 11) is 0. The van der Waals surface area contributed by atoms with E-state index < -0.39 is 0 Å². The molecule has 0 aliphatic heterocycles. The normalized spacial score (nSPS) is 25.9. The average Bonchev–Trinajstić information content (AvgIpc) is 2.57. The van der Waals surface area contributed by atoms with Gasteiger partial charge < -0.3 is 5.32 Å². The summed E-state index contributed by atoms with van der Waals surface area (Å²) in [5, 5.41) is 4.84. The van der Waals surface area contributed by atoms with Crippen LogP contribution in [-0.2, 0) is 6.54 Å². The number of thiazole rings is 1. The van der Waals surface area contributed by atoms with E-state index in [2.05, 4.69) is 31.1 Å². The quantitative estimate of drug-likeness (QED) is 0.872. The lowest BCUT2D eigenvalue weighted by Gasteiger charge is -2.26. The van der Waals surface area contributed by atoms with Crippen molar-refractivity contribution >= 4 is 11.3 Å². The molecule has 0 amide bonds. The molecule has 1 heterocycles. The van der Waals surface area contributed by atoms with Crippen molar-refractivity contribution in [1.82, 2.24) is 10.3 Å². The highest BCUT2D eigenvalue weighted by Crippen LogP contribution is 2.24. The van der Waals surface area contributed by atoms with Gasteiger partial charge in [-0.3, -0.25) is 0 Å². The summed E-state index contributed by atoms with van der Waals surface area (Å²) in [6.45, 7) is 7.58. The molecular formula is C13H22N2S. The maximum absolute atomic E-state index is 4.57. The highest BCUT2D eigenvalue weighted by molar-refractivity contribution is 7.11. The first kappa shape index (κ1) is 12.1. The Bertz CT molecular complexity index is 338. The lowest BCUT2D eigenvalue weighted by atomic mass is 9.87. The first-order valence-corrected chi connectivity index (χ1v) is 7.13. The fourth-order valence-electron chi connectivity index (χ4n) is 2.44. The molecule has 0 bridgehead atoms. The molecule has 2 rings (SSSR count). The van der Waals surface area contributed by atoms with Gasteiger partial charge in [-0.05, 0) is 45.4 Å². The minimum Gasteiger partial charge on any atom is -0.308 e. The van der Waals surface area contributed by atoms with Gasteiger partial charge in [-0.25, -0.2) is 4.98 Å². The van der Waals surface area contributed by atoms with Gasteiger partial charge in [0.25, 0.3) is 0 Å². The minimum absolute atomic E-state index is 0.720. The fourth-order valence-corrected chi connectivity index (χ4v) is 3.28. The van der Waals surface area contributed by atoms with Gasteiger partial charge in [0.15, 0.2) is 0 Å². The smallest absolute Gasteiger partial charge is 0.0900 e. The second-order valence-electron chi connectivity index (χ2n) is 5.07. The van der Waals surface area contributed by atoms with Crippen molar-refractivity contribution in [3.8, 4) is 0 Å². The maximum atomic E-state index is 4.57. The largest absolute Gasteiger partial charge is 0.308 e. The van der Waals surface area contributed by atoms with E-state index in [1.807, 2.05) is 0 Å². The molecule has 0 aromatic carbocycles. The Balaban J connectivity index is 1.81. The number of aromatic nitrogens is 1. The lowest BCUT2D eigenvalue weighted by molar-refractivity contribution is 0.306. The standard InChI is InChI=1S/C13H22N2S/c1-9-4-6-12(7-5-9)14-8-13-10(2)16-11(3)15-13/h9,12,14H,4-8H2,1-3H3. The van der Waals surface area contributed by atoms with Gasteiger partial charge in [0.05, 0.1) is 10.7 Å². The zero-order valence-corrected chi connectivity index (χ0v) is 11.4. The molecule has 1 aliphatic carbocycles. The van der Waals surface area contributed by atoms with Gasteiger partial charge in [-0.1, -0.05) is 6.92 Å². The van der Waals surface area contributed by atoms with Gasteiger partial charge in [-0.2, -0.15) is 0 Å². The van der Waals surface area contributed by atoms with Crippen molar-refractivity contribution in [3.63, 3.8) is 0 Å². The number of hydrogen-bond donors (Lipinski definition) is 1. The summed E-state index contributed by atoms with van der Waals surface area (Å²) >= 11 is 1.81. The predicted octanol–water partition coefficient (Wildman–Crippen LogP) is 3.43. The van der Waals surface area contributed by atoms with Gasteiger partial charge in [0, 0.05) is 17.5 Å². The Morgan fingerprint density at radius 2 is 1.94 bits per heavy atom. The van der Waals surface area contributed by atoms with Crippen LogP contribution in [0.2, 0.25) is 0 Å². The molecule has 1 aliphatic rings. The summed E-state index contributed by atoms with van der Waals surface area (Å²) in [5.74, 6) is 0.932. The van der Waals surface area contributed by atoms with Gasteiger partial charge in [0.1, 0.15) is 0 Å². The molecule has 1 fully saturated rings. The van der Waals surface area contributed by atoms with E-state index in [0.29, 0.717) is 0 Å². The monoisotopic (exact) mass is 238 g/mol. The summed E-state index contributed by atoms with van der Waals surface area (Å²) < 4.78 is 0. The van der Waals surface area contributed by atoms with Gasteiger partial charge in [0.2, 0.25) is 0 Å². The molecular weight excluding hydrogens is 216 g/mol. The topological polar surface area (TPSA) is 24.9 Å². The van der Waals surface area contributed by atoms with Crippen molar-refractivity contribution in [2.24, 2.45) is 5.92 Å². The Kier molecular flexibility index (Phi) is 3.98. The van der Waals surface area contributed by atoms with Crippen LogP contribution in [-0.4, -0.2) is 11.0 Å². The molecule has 0 atom stereocenters. The van der Waals surface area contributed by atoms with Crippen LogP contribution in [0.5, 0.6) is 0 Å². The molecule has 1 saturated carbocycles. The van der Waals surface area contributed by atoms with Crippen molar-refractivity contribution in [2.75, 3.05) is 0 Å². The van der Waals surface area contributed by atoms with Crippen molar-refractivity contribution in [2.45, 2.75) is 59.0 Å². The van der Waals surface area contributed by atoms with E-state index in [0.717, 1.165) is 18.5 Å². The SMILES string of the molecule is Cc1nc(CNC2CCC(C)CC2)c(C)s1. The summed E-state index contributed by atoms with van der Waals surface area (Å²) in [5.41, 5.74) is 1.25. The Hall–Kier alpha value is -0.410. The minimum atomic E-state index is 0.720. The van der Waals surface area contributed by atoms with E-state index in [1.54, 1.807) is 11.3 Å². The van der Waals surface area contributed by atoms with Crippen LogP contribution in [0, 0.1) is 19.8 Å². The summed E-state index contributed by atoms with van der Waals surface area (Å²) in [6, 6.07) is 0.720. The fraction of sp³-hybridized carbons (Fsp3) is 0.769. The van der Waals surface area contributed by atoms with Crippen molar-refractivity contribution in [1.29, 1.82) is 0 Å². The summed E-state index contributed by atoms with van der Waals surface area (Å²) in [6.07, 6.45) is 5.44. The lowest BCUT2D eigenvalue weighted by Crippen LogP contribution is -2.32. The number of aryl methyl sites for hydroxylation is 2. The Labute approximate surface area is 102 Å². The zero-order valence-electron chi connectivity index (χ0n) is 10.5. The van der Waals surface area contributed by atoms with Crippen LogP contribution >= 0.6 is 11.3 Å². The van der Waals surface area contributed by atoms with E-state index >= 15 is 0 Å². The Morgan fingerprint density at radius 3 is 2.50 bits per heavy atom. The highest BCUT2D eigenvalue weighted by atomic mass is 32.1. The molecule has 16 heavy (non-hydrogen) atoms. The highest BCUT2D eigenvalue weighted by Gasteiger charge is 2.18. The van der Waals surface area contributed by atoms with Gasteiger partial charge in [-0.15, -0.1) is 11.3 Å². The molecule has 90 valence electrons. The van der Waals surface area contributed by atoms with Gasteiger partial charge >= 0.3 is 0 Å². The molecule has 0 spiro atoms. The third kappa shape index (κ3) is 3.05. The van der Waals surface area contributed by atoms with Crippen LogP contribution in [0.25, 0.3) is 0 Å². The molecule has 3 heteroatoms. The molecule has 2 nitrogen and oxygen atoms in total. The molecule has 1 aromatic heterocycles. The predicted molar refractivity (Wildman–Crippen MR) is 69.8 cm³/mol. The van der Waals surface area contributed by atoms with Crippen LogP contribution in [0.1, 0.15) is 48.2 Å². The van der Waals surface area contributed by atoms with Crippen LogP contribution < -0.4 is 5.32 Å². The van der Waals surface area contributed by atoms with Crippen molar-refractivity contribution in [3.05, 3.63) is 15.6 Å². The maximum Gasteiger partial charge on any atom is 0.0900 e. The average molecular weight is 238 g/mol. The van der Waals surface area contributed by atoms with E-state index in [1.165, 1.54) is 41.3 Å². The van der Waals surface area contributed by atoms with Crippen LogP contribution in [0.15, 0.2) is 0 Å². The summed E-state index contributed by atoms with van der Waals surface area (Å²) in [4.78, 5) is 5.94. The molecule has 0 unspecified atom stereocenters. The van der Waals surface area contributed by atoms with E-state index in [-0.39, 0.29) is 0 Å². The molecule has 0 saturated heterocycles. The third-order valence-corrected chi connectivity index (χ3v) is 4.50. The van der Waals surface area contributed by atoms with E-state index in [4.69, 9.17) is 0 Å². The number of hydrogen-bond acceptors (Lipinski definition) is 3. The molecule has 1 aromatic rings. The zero-order chi connectivity index (χ0) is 11.5.